The first-order valence-corrected chi connectivity index (χ1v) is 8.67. The number of aryl methyl sites for hydroxylation is 2. The molecule has 3 heterocycles. The van der Waals surface area contributed by atoms with E-state index in [9.17, 15) is 4.79 Å². The van der Waals surface area contributed by atoms with Crippen LogP contribution in [0.5, 0.6) is 0 Å². The third-order valence-electron chi connectivity index (χ3n) is 4.68. The number of hydrogen-bond donors (Lipinski definition) is 0. The molecule has 1 fully saturated rings. The number of carbonyl (C=O) groups is 1. The molecule has 1 amide bonds. The Morgan fingerprint density at radius 2 is 1.91 bits per heavy atom. The van der Waals surface area contributed by atoms with Crippen LogP contribution in [0.4, 0.5) is 0 Å². The first kappa shape index (κ1) is 15.5. The number of aromatic nitrogens is 2. The number of hydrogen-bond acceptors (Lipinski definition) is 2. The van der Waals surface area contributed by atoms with Gasteiger partial charge in [0.2, 0.25) is 0 Å². The molecule has 2 unspecified atom stereocenters. The number of carbonyl (C=O) groups excluding carboxylic acids is 1. The number of fused-ring (bicyclic) bond motifs is 1. The Balaban J connectivity index is 2.13. The Morgan fingerprint density at radius 1 is 1.27 bits per heavy atom. The lowest BCUT2D eigenvalue weighted by atomic mass is 9.97. The third-order valence-corrected chi connectivity index (χ3v) is 5.11. The summed E-state index contributed by atoms with van der Waals surface area (Å²) in [5, 5.41) is 0. The molecule has 0 spiro atoms. The highest BCUT2D eigenvalue weighted by Crippen LogP contribution is 2.27. The normalized spacial score (nSPS) is 22.3. The van der Waals surface area contributed by atoms with Crippen molar-refractivity contribution in [3.63, 3.8) is 0 Å². The first-order valence-electron chi connectivity index (χ1n) is 7.87. The minimum Gasteiger partial charge on any atom is -0.332 e. The molecular formula is C17H22BrN3O. The van der Waals surface area contributed by atoms with Crippen LogP contribution in [-0.4, -0.2) is 32.3 Å². The van der Waals surface area contributed by atoms with Crippen molar-refractivity contribution >= 4 is 27.5 Å². The molecule has 2 aromatic rings. The van der Waals surface area contributed by atoms with E-state index in [1.807, 2.05) is 35.4 Å². The van der Waals surface area contributed by atoms with E-state index < -0.39 is 0 Å². The summed E-state index contributed by atoms with van der Waals surface area (Å²) < 4.78 is 2.90. The Bertz CT molecular complexity index is 727. The maximum atomic E-state index is 13.2. The van der Waals surface area contributed by atoms with Crippen LogP contribution in [-0.2, 0) is 0 Å². The second kappa shape index (κ2) is 5.69. The first-order chi connectivity index (χ1) is 10.4. The lowest BCUT2D eigenvalue weighted by Gasteiger charge is -2.39. The molecule has 5 heteroatoms. The Morgan fingerprint density at radius 3 is 2.55 bits per heavy atom. The molecule has 2 atom stereocenters. The van der Waals surface area contributed by atoms with Crippen molar-refractivity contribution in [2.45, 2.75) is 59.0 Å². The molecule has 118 valence electrons. The lowest BCUT2D eigenvalue weighted by molar-refractivity contribution is 0.0502. The molecule has 1 aliphatic rings. The van der Waals surface area contributed by atoms with E-state index in [1.165, 1.54) is 6.42 Å². The topological polar surface area (TPSA) is 37.6 Å². The van der Waals surface area contributed by atoms with Gasteiger partial charge in [0.25, 0.3) is 5.91 Å². The van der Waals surface area contributed by atoms with Crippen LogP contribution < -0.4 is 0 Å². The van der Waals surface area contributed by atoms with Crippen molar-refractivity contribution in [3.05, 3.63) is 33.7 Å². The van der Waals surface area contributed by atoms with Gasteiger partial charge in [-0.1, -0.05) is 0 Å². The SMILES string of the molecule is Cc1nc2c(C)cc(Br)cn2c1C(=O)N1C(C)CCCC1C. The van der Waals surface area contributed by atoms with Crippen LogP contribution in [0.2, 0.25) is 0 Å². The second-order valence-electron chi connectivity index (χ2n) is 6.42. The second-order valence-corrected chi connectivity index (χ2v) is 7.34. The minimum atomic E-state index is 0.0993. The van der Waals surface area contributed by atoms with Gasteiger partial charge in [0.15, 0.2) is 0 Å². The zero-order valence-electron chi connectivity index (χ0n) is 13.6. The van der Waals surface area contributed by atoms with Crippen LogP contribution in [0.15, 0.2) is 16.7 Å². The molecule has 0 radical (unpaired) electrons. The van der Waals surface area contributed by atoms with Crippen LogP contribution in [0.1, 0.15) is 54.9 Å². The molecule has 1 aliphatic heterocycles. The van der Waals surface area contributed by atoms with Crippen LogP contribution in [0.25, 0.3) is 5.65 Å². The maximum absolute atomic E-state index is 13.2. The minimum absolute atomic E-state index is 0.0993. The number of imidazole rings is 1. The number of rotatable bonds is 1. The van der Waals surface area contributed by atoms with Crippen molar-refractivity contribution in [2.24, 2.45) is 0 Å². The van der Waals surface area contributed by atoms with Gasteiger partial charge >= 0.3 is 0 Å². The van der Waals surface area contributed by atoms with E-state index >= 15 is 0 Å². The molecular weight excluding hydrogens is 342 g/mol. The molecule has 22 heavy (non-hydrogen) atoms. The van der Waals surface area contributed by atoms with E-state index in [2.05, 4.69) is 34.8 Å². The fourth-order valence-corrected chi connectivity index (χ4v) is 4.13. The number of likely N-dealkylation sites (tertiary alicyclic amines) is 1. The molecule has 0 aromatic carbocycles. The zero-order valence-corrected chi connectivity index (χ0v) is 15.1. The summed E-state index contributed by atoms with van der Waals surface area (Å²) in [5.41, 5.74) is 3.42. The summed E-state index contributed by atoms with van der Waals surface area (Å²) in [6.07, 6.45) is 5.29. The molecule has 2 aromatic heterocycles. The van der Waals surface area contributed by atoms with Gasteiger partial charge in [-0.3, -0.25) is 9.20 Å². The molecule has 1 saturated heterocycles. The summed E-state index contributed by atoms with van der Waals surface area (Å²) in [6, 6.07) is 2.60. The van der Waals surface area contributed by atoms with E-state index in [4.69, 9.17) is 0 Å². The van der Waals surface area contributed by atoms with Gasteiger partial charge in [0.1, 0.15) is 11.3 Å². The average molecular weight is 364 g/mol. The lowest BCUT2D eigenvalue weighted by Crippen LogP contribution is -2.48. The van der Waals surface area contributed by atoms with Gasteiger partial charge in [0.05, 0.1) is 5.69 Å². The summed E-state index contributed by atoms with van der Waals surface area (Å²) >= 11 is 3.52. The van der Waals surface area contributed by atoms with Gasteiger partial charge in [0, 0.05) is 22.8 Å². The molecule has 4 nitrogen and oxygen atoms in total. The molecule has 0 N–H and O–H groups in total. The van der Waals surface area contributed by atoms with Crippen molar-refractivity contribution in [1.82, 2.24) is 14.3 Å². The highest BCUT2D eigenvalue weighted by atomic mass is 79.9. The van der Waals surface area contributed by atoms with Crippen molar-refractivity contribution < 1.29 is 4.79 Å². The van der Waals surface area contributed by atoms with Crippen LogP contribution >= 0.6 is 15.9 Å². The average Bonchev–Trinajstić information content (AvgIpc) is 2.75. The van der Waals surface area contributed by atoms with Gasteiger partial charge in [-0.2, -0.15) is 0 Å². The number of pyridine rings is 1. The van der Waals surface area contributed by atoms with Crippen LogP contribution in [0.3, 0.4) is 0 Å². The van der Waals surface area contributed by atoms with E-state index in [1.54, 1.807) is 0 Å². The highest BCUT2D eigenvalue weighted by Gasteiger charge is 2.32. The van der Waals surface area contributed by atoms with E-state index in [0.717, 1.165) is 34.2 Å². The smallest absolute Gasteiger partial charge is 0.273 e. The fourth-order valence-electron chi connectivity index (χ4n) is 3.58. The summed E-state index contributed by atoms with van der Waals surface area (Å²) in [7, 11) is 0. The van der Waals surface area contributed by atoms with Gasteiger partial charge in [-0.05, 0) is 74.5 Å². The summed E-state index contributed by atoms with van der Waals surface area (Å²) in [5.74, 6) is 0.0993. The molecule has 3 rings (SSSR count). The largest absolute Gasteiger partial charge is 0.332 e. The predicted octanol–water partition coefficient (Wildman–Crippen LogP) is 4.12. The Hall–Kier alpha value is -1.36. The standard InChI is InChI=1S/C17H22BrN3O/c1-10-8-14(18)9-20-15(13(4)19-16(10)20)17(22)21-11(2)6-5-7-12(21)3/h8-9,11-12H,5-7H2,1-4H3. The number of nitrogens with zero attached hydrogens (tertiary/aromatic N) is 3. The highest BCUT2D eigenvalue weighted by molar-refractivity contribution is 9.10. The van der Waals surface area contributed by atoms with Gasteiger partial charge in [-0.15, -0.1) is 0 Å². The predicted molar refractivity (Wildman–Crippen MR) is 91.3 cm³/mol. The molecule has 0 saturated carbocycles. The summed E-state index contributed by atoms with van der Waals surface area (Å²) in [6.45, 7) is 8.24. The monoisotopic (exact) mass is 363 g/mol. The number of amides is 1. The number of piperidine rings is 1. The fraction of sp³-hybridized carbons (Fsp3) is 0.529. The Labute approximate surface area is 139 Å². The van der Waals surface area contributed by atoms with Crippen molar-refractivity contribution in [1.29, 1.82) is 0 Å². The van der Waals surface area contributed by atoms with E-state index in [0.29, 0.717) is 5.69 Å². The molecule has 0 aliphatic carbocycles. The van der Waals surface area contributed by atoms with Crippen molar-refractivity contribution in [2.75, 3.05) is 0 Å². The zero-order chi connectivity index (χ0) is 16.0. The summed E-state index contributed by atoms with van der Waals surface area (Å²) in [4.78, 5) is 19.8. The van der Waals surface area contributed by atoms with Gasteiger partial charge in [-0.25, -0.2) is 4.98 Å². The van der Waals surface area contributed by atoms with Crippen molar-refractivity contribution in [3.8, 4) is 0 Å². The van der Waals surface area contributed by atoms with Crippen LogP contribution in [0, 0.1) is 13.8 Å². The number of halogens is 1. The quantitative estimate of drug-likeness (QED) is 0.764. The van der Waals surface area contributed by atoms with E-state index in [-0.39, 0.29) is 18.0 Å². The molecule has 0 bridgehead atoms. The van der Waals surface area contributed by atoms with Gasteiger partial charge < -0.3 is 4.90 Å². The Kier molecular flexibility index (Phi) is 4.02. The third kappa shape index (κ3) is 2.45. The maximum Gasteiger partial charge on any atom is 0.273 e.